The molecule has 204 valence electrons. The third-order valence-corrected chi connectivity index (χ3v) is 7.29. The molecule has 0 radical (unpaired) electrons. The highest BCUT2D eigenvalue weighted by Crippen LogP contribution is 2.24. The molecule has 0 amide bonds. The average molecular weight is 535 g/mol. The zero-order valence-corrected chi connectivity index (χ0v) is 23.9. The van der Waals surface area contributed by atoms with Gasteiger partial charge in [0.25, 0.3) is 0 Å². The molecular formula is C33H43ClN2O2. The van der Waals surface area contributed by atoms with E-state index in [-0.39, 0.29) is 0 Å². The van der Waals surface area contributed by atoms with Crippen LogP contribution in [0.3, 0.4) is 0 Å². The molecule has 5 heteroatoms. The smallest absolute Gasteiger partial charge is 0.343 e. The summed E-state index contributed by atoms with van der Waals surface area (Å²) < 4.78 is 5.58. The quantitative estimate of drug-likeness (QED) is 0.0981. The first-order valence-electron chi connectivity index (χ1n) is 14.5. The third kappa shape index (κ3) is 10.2. The second kappa shape index (κ2) is 17.0. The number of unbranched alkanes of at least 4 members (excludes halogenated alkanes) is 10. The van der Waals surface area contributed by atoms with Gasteiger partial charge in [-0.1, -0.05) is 95.7 Å². The summed E-state index contributed by atoms with van der Waals surface area (Å²) in [6.45, 7) is 4.47. The Hall–Kier alpha value is -2.72. The lowest BCUT2D eigenvalue weighted by molar-refractivity contribution is 0.0734. The largest absolute Gasteiger partial charge is 0.423 e. The summed E-state index contributed by atoms with van der Waals surface area (Å²) in [7, 11) is 0. The number of aryl methyl sites for hydroxylation is 2. The van der Waals surface area contributed by atoms with E-state index in [1.807, 2.05) is 30.6 Å². The number of aromatic nitrogens is 2. The van der Waals surface area contributed by atoms with Crippen LogP contribution >= 0.6 is 11.6 Å². The minimum atomic E-state index is -0.416. The van der Waals surface area contributed by atoms with Crippen LogP contribution in [0.2, 0.25) is 5.02 Å². The van der Waals surface area contributed by atoms with Gasteiger partial charge in [0.05, 0.1) is 5.56 Å². The van der Waals surface area contributed by atoms with Crippen LogP contribution in [0.1, 0.15) is 112 Å². The maximum absolute atomic E-state index is 12.7. The lowest BCUT2D eigenvalue weighted by Gasteiger charge is -2.09. The fourth-order valence-electron chi connectivity index (χ4n) is 4.55. The van der Waals surface area contributed by atoms with Crippen LogP contribution in [0.5, 0.6) is 5.75 Å². The van der Waals surface area contributed by atoms with Crippen LogP contribution in [-0.4, -0.2) is 15.9 Å². The van der Waals surface area contributed by atoms with Gasteiger partial charge in [0.2, 0.25) is 0 Å². The van der Waals surface area contributed by atoms with Gasteiger partial charge in [0.15, 0.2) is 5.82 Å². The van der Waals surface area contributed by atoms with Crippen molar-refractivity contribution in [3.05, 3.63) is 76.6 Å². The topological polar surface area (TPSA) is 52.1 Å². The van der Waals surface area contributed by atoms with Gasteiger partial charge in [-0.3, -0.25) is 0 Å². The van der Waals surface area contributed by atoms with Gasteiger partial charge in [-0.15, -0.1) is 0 Å². The Bertz CT molecular complexity index is 1100. The lowest BCUT2D eigenvalue weighted by Crippen LogP contribution is -2.08. The lowest BCUT2D eigenvalue weighted by atomic mass is 10.0. The normalized spacial score (nSPS) is 11.0. The number of hydrogen-bond donors (Lipinski definition) is 0. The molecule has 0 aliphatic carbocycles. The first kappa shape index (κ1) is 29.8. The maximum atomic E-state index is 12.7. The van der Waals surface area contributed by atoms with Crippen LogP contribution in [0, 0.1) is 0 Å². The Morgan fingerprint density at radius 1 is 0.737 bits per heavy atom. The van der Waals surface area contributed by atoms with Gasteiger partial charge in [-0.2, -0.15) is 0 Å². The van der Waals surface area contributed by atoms with Crippen LogP contribution in [0.4, 0.5) is 0 Å². The minimum absolute atomic E-state index is 0.416. The molecule has 4 nitrogen and oxygen atoms in total. The van der Waals surface area contributed by atoms with E-state index in [4.69, 9.17) is 16.3 Å². The van der Waals surface area contributed by atoms with Crippen molar-refractivity contribution in [2.45, 2.75) is 104 Å². The summed E-state index contributed by atoms with van der Waals surface area (Å²) in [5, 5.41) is 0.625. The second-order valence-corrected chi connectivity index (χ2v) is 10.6. The molecule has 0 saturated heterocycles. The highest BCUT2D eigenvalue weighted by Gasteiger charge is 2.12. The predicted molar refractivity (Wildman–Crippen MR) is 158 cm³/mol. The first-order valence-corrected chi connectivity index (χ1v) is 14.9. The molecule has 0 atom stereocenters. The second-order valence-electron chi connectivity index (χ2n) is 10.2. The predicted octanol–water partition coefficient (Wildman–Crippen LogP) is 9.82. The van der Waals surface area contributed by atoms with Crippen molar-refractivity contribution in [3.63, 3.8) is 0 Å². The molecule has 0 N–H and O–H groups in total. The summed E-state index contributed by atoms with van der Waals surface area (Å²) in [6.07, 6.45) is 20.9. The first-order chi connectivity index (χ1) is 18.6. The van der Waals surface area contributed by atoms with Crippen molar-refractivity contribution >= 4 is 17.6 Å². The molecule has 0 aliphatic heterocycles. The zero-order valence-electron chi connectivity index (χ0n) is 23.2. The number of nitrogens with zero attached hydrogens (tertiary/aromatic N) is 2. The van der Waals surface area contributed by atoms with E-state index in [0.29, 0.717) is 22.2 Å². The van der Waals surface area contributed by atoms with E-state index in [9.17, 15) is 4.79 Å². The van der Waals surface area contributed by atoms with E-state index >= 15 is 0 Å². The number of rotatable bonds is 17. The van der Waals surface area contributed by atoms with Gasteiger partial charge in [0.1, 0.15) is 5.75 Å². The maximum Gasteiger partial charge on any atom is 0.343 e. The van der Waals surface area contributed by atoms with Crippen molar-refractivity contribution in [3.8, 4) is 17.1 Å². The summed E-state index contributed by atoms with van der Waals surface area (Å²) in [4.78, 5) is 21.8. The van der Waals surface area contributed by atoms with Crippen LogP contribution in [-0.2, 0) is 12.8 Å². The molecule has 0 saturated carbocycles. The molecule has 0 fully saturated rings. The average Bonchev–Trinajstić information content (AvgIpc) is 2.94. The zero-order chi connectivity index (χ0) is 27.0. The molecular weight excluding hydrogens is 492 g/mol. The minimum Gasteiger partial charge on any atom is -0.423 e. The molecule has 1 aromatic heterocycles. The number of benzene rings is 2. The highest BCUT2D eigenvalue weighted by atomic mass is 35.5. The SMILES string of the molecule is CCCCCCCCc1cnc(-c2ccc(OC(=O)c3ccc(CCCCCCCC)c(Cl)c3)cc2)nc1. The summed E-state index contributed by atoms with van der Waals surface area (Å²) >= 11 is 6.47. The van der Waals surface area contributed by atoms with Gasteiger partial charge >= 0.3 is 5.97 Å². The Balaban J connectivity index is 1.46. The molecule has 0 aliphatic rings. The van der Waals surface area contributed by atoms with Crippen molar-refractivity contribution in [2.75, 3.05) is 0 Å². The number of carbonyl (C=O) groups excluding carboxylic acids is 1. The molecule has 0 bridgehead atoms. The molecule has 0 spiro atoms. The van der Waals surface area contributed by atoms with Gasteiger partial charge in [0, 0.05) is 23.0 Å². The van der Waals surface area contributed by atoms with Gasteiger partial charge < -0.3 is 4.74 Å². The summed E-state index contributed by atoms with van der Waals surface area (Å²) in [5.74, 6) is 0.731. The number of hydrogen-bond acceptors (Lipinski definition) is 4. The number of esters is 1. The standard InChI is InChI=1S/C33H43ClN2O2/c1-3-5-7-9-11-13-15-26-24-35-32(36-25-26)28-19-21-30(22-20-28)38-33(37)29-18-17-27(31(34)23-29)16-14-12-10-8-6-4-2/h17-25H,3-16H2,1-2H3. The molecule has 1 heterocycles. The molecule has 0 unspecified atom stereocenters. The van der Waals surface area contributed by atoms with Crippen molar-refractivity contribution in [2.24, 2.45) is 0 Å². The van der Waals surface area contributed by atoms with Crippen LogP contribution in [0.25, 0.3) is 11.4 Å². The molecule has 3 rings (SSSR count). The van der Waals surface area contributed by atoms with E-state index in [1.165, 1.54) is 76.2 Å². The summed E-state index contributed by atoms with van der Waals surface area (Å²) in [5.41, 5.74) is 3.60. The monoisotopic (exact) mass is 534 g/mol. The van der Waals surface area contributed by atoms with Crippen molar-refractivity contribution in [1.29, 1.82) is 0 Å². The van der Waals surface area contributed by atoms with Gasteiger partial charge in [-0.05, 0) is 73.2 Å². The Morgan fingerprint density at radius 3 is 1.92 bits per heavy atom. The fraction of sp³-hybridized carbons (Fsp3) is 0.485. The van der Waals surface area contributed by atoms with Crippen LogP contribution < -0.4 is 4.74 Å². The van der Waals surface area contributed by atoms with Crippen LogP contribution in [0.15, 0.2) is 54.9 Å². The number of carbonyl (C=O) groups is 1. The Morgan fingerprint density at radius 2 is 1.32 bits per heavy atom. The molecule has 38 heavy (non-hydrogen) atoms. The van der Waals surface area contributed by atoms with E-state index < -0.39 is 5.97 Å². The van der Waals surface area contributed by atoms with Crippen molar-refractivity contribution in [1.82, 2.24) is 9.97 Å². The van der Waals surface area contributed by atoms with Gasteiger partial charge in [-0.25, -0.2) is 14.8 Å². The Kier molecular flexibility index (Phi) is 13.3. The highest BCUT2D eigenvalue weighted by molar-refractivity contribution is 6.31. The van der Waals surface area contributed by atoms with E-state index in [1.54, 1.807) is 24.3 Å². The van der Waals surface area contributed by atoms with Crippen molar-refractivity contribution < 1.29 is 9.53 Å². The van der Waals surface area contributed by atoms with E-state index in [0.717, 1.165) is 30.4 Å². The summed E-state index contributed by atoms with van der Waals surface area (Å²) in [6, 6.07) is 12.8. The number of ether oxygens (including phenoxy) is 1. The molecule has 3 aromatic rings. The van der Waals surface area contributed by atoms with E-state index in [2.05, 4.69) is 23.8 Å². The third-order valence-electron chi connectivity index (χ3n) is 6.94. The number of halogens is 1. The Labute approximate surface area is 234 Å². The molecule has 2 aromatic carbocycles. The fourth-order valence-corrected chi connectivity index (χ4v) is 4.83.